The van der Waals surface area contributed by atoms with Gasteiger partial charge in [-0.25, -0.2) is 9.97 Å². The maximum atomic E-state index is 12.6. The van der Waals surface area contributed by atoms with E-state index < -0.39 is 0 Å². The molecule has 3 heteroatoms. The van der Waals surface area contributed by atoms with Crippen LogP contribution in [0.25, 0.3) is 22.4 Å². The molecule has 1 aromatic heterocycles. The zero-order valence-corrected chi connectivity index (χ0v) is 14.0. The van der Waals surface area contributed by atoms with Crippen molar-refractivity contribution >= 4 is 5.78 Å². The van der Waals surface area contributed by atoms with Crippen LogP contribution in [0.2, 0.25) is 0 Å². The Labute approximate surface area is 152 Å². The van der Waals surface area contributed by atoms with Crippen molar-refractivity contribution in [2.75, 3.05) is 0 Å². The van der Waals surface area contributed by atoms with Crippen LogP contribution in [0.3, 0.4) is 0 Å². The summed E-state index contributed by atoms with van der Waals surface area (Å²) in [6, 6.07) is 27.0. The zero-order valence-electron chi connectivity index (χ0n) is 14.0. The molecule has 0 bridgehead atoms. The fourth-order valence-electron chi connectivity index (χ4n) is 2.97. The Kier molecular flexibility index (Phi) is 4.35. The van der Waals surface area contributed by atoms with Gasteiger partial charge in [-0.3, -0.25) is 4.79 Å². The van der Waals surface area contributed by atoms with Gasteiger partial charge in [0, 0.05) is 22.9 Å². The molecule has 1 heterocycles. The van der Waals surface area contributed by atoms with Gasteiger partial charge in [-0.05, 0) is 17.2 Å². The highest BCUT2D eigenvalue weighted by molar-refractivity contribution is 6.09. The predicted octanol–water partition coefficient (Wildman–Crippen LogP) is 5.04. The number of hydrogen-bond donors (Lipinski definition) is 0. The molecule has 0 spiro atoms. The van der Waals surface area contributed by atoms with E-state index in [9.17, 15) is 4.79 Å². The van der Waals surface area contributed by atoms with Gasteiger partial charge < -0.3 is 0 Å². The van der Waals surface area contributed by atoms with Crippen molar-refractivity contribution in [2.45, 2.75) is 0 Å². The Bertz CT molecular complexity index is 1030. The van der Waals surface area contributed by atoms with Crippen LogP contribution in [-0.4, -0.2) is 15.8 Å². The van der Waals surface area contributed by atoms with Crippen LogP contribution in [0.4, 0.5) is 0 Å². The van der Waals surface area contributed by atoms with Crippen LogP contribution in [0, 0.1) is 0 Å². The first-order valence-corrected chi connectivity index (χ1v) is 8.38. The Morgan fingerprint density at radius 2 is 1.31 bits per heavy atom. The molecule has 0 saturated heterocycles. The van der Waals surface area contributed by atoms with Crippen molar-refractivity contribution in [3.8, 4) is 22.4 Å². The van der Waals surface area contributed by atoms with Gasteiger partial charge in [0.25, 0.3) is 0 Å². The summed E-state index contributed by atoms with van der Waals surface area (Å²) in [6.07, 6.45) is 3.29. The molecule has 26 heavy (non-hydrogen) atoms. The molecule has 3 aromatic carbocycles. The summed E-state index contributed by atoms with van der Waals surface area (Å²) < 4.78 is 0. The number of benzene rings is 3. The van der Waals surface area contributed by atoms with Crippen molar-refractivity contribution in [1.29, 1.82) is 0 Å². The number of hydrogen-bond acceptors (Lipinski definition) is 3. The molecular formula is C23H16N2O. The molecule has 0 aliphatic heterocycles. The molecule has 0 radical (unpaired) electrons. The first kappa shape index (κ1) is 15.9. The van der Waals surface area contributed by atoms with E-state index in [0.29, 0.717) is 11.1 Å². The van der Waals surface area contributed by atoms with Crippen LogP contribution in [0.5, 0.6) is 0 Å². The van der Waals surface area contributed by atoms with E-state index in [1.54, 1.807) is 12.5 Å². The van der Waals surface area contributed by atoms with Crippen molar-refractivity contribution < 1.29 is 4.79 Å². The van der Waals surface area contributed by atoms with E-state index in [-0.39, 0.29) is 5.78 Å². The predicted molar refractivity (Wildman–Crippen MR) is 103 cm³/mol. The Balaban J connectivity index is 1.70. The molecule has 0 atom stereocenters. The highest BCUT2D eigenvalue weighted by atomic mass is 16.1. The molecule has 0 amide bonds. The lowest BCUT2D eigenvalue weighted by Crippen LogP contribution is -2.00. The molecule has 3 nitrogen and oxygen atoms in total. The van der Waals surface area contributed by atoms with E-state index in [4.69, 9.17) is 0 Å². The molecule has 0 aliphatic carbocycles. The summed E-state index contributed by atoms with van der Waals surface area (Å²) in [6.45, 7) is 0. The minimum Gasteiger partial charge on any atom is -0.289 e. The molecule has 4 aromatic rings. The molecule has 124 valence electrons. The summed E-state index contributed by atoms with van der Waals surface area (Å²) in [5, 5.41) is 0. The lowest BCUT2D eigenvalue weighted by molar-refractivity contribution is 0.103. The molecule has 0 fully saturated rings. The third kappa shape index (κ3) is 3.15. The molecule has 0 saturated carbocycles. The maximum Gasteiger partial charge on any atom is 0.193 e. The van der Waals surface area contributed by atoms with E-state index in [1.807, 2.05) is 78.9 Å². The third-order valence-corrected chi connectivity index (χ3v) is 4.28. The molecule has 0 unspecified atom stereocenters. The quantitative estimate of drug-likeness (QED) is 0.490. The third-order valence-electron chi connectivity index (χ3n) is 4.28. The monoisotopic (exact) mass is 336 g/mol. The van der Waals surface area contributed by atoms with Crippen LogP contribution >= 0.6 is 0 Å². The van der Waals surface area contributed by atoms with Crippen molar-refractivity contribution in [3.63, 3.8) is 0 Å². The number of ketones is 1. The van der Waals surface area contributed by atoms with Crippen molar-refractivity contribution in [2.24, 2.45) is 0 Å². The number of rotatable bonds is 4. The standard InChI is InChI=1S/C23H16N2O/c26-23(18-6-2-1-3-7-18)19-12-10-17(11-13-19)20-8-4-5-9-21(20)22-14-15-24-16-25-22/h1-16H. The second-order valence-corrected chi connectivity index (χ2v) is 5.91. The summed E-state index contributed by atoms with van der Waals surface area (Å²) >= 11 is 0. The highest BCUT2D eigenvalue weighted by Crippen LogP contribution is 2.30. The minimum atomic E-state index is 0.0289. The van der Waals surface area contributed by atoms with Gasteiger partial charge in [0.05, 0.1) is 5.69 Å². The Hall–Kier alpha value is -3.59. The minimum absolute atomic E-state index is 0.0289. The number of carbonyl (C=O) groups is 1. The average molecular weight is 336 g/mol. The Morgan fingerprint density at radius 1 is 0.654 bits per heavy atom. The van der Waals surface area contributed by atoms with Crippen molar-refractivity contribution in [1.82, 2.24) is 9.97 Å². The van der Waals surface area contributed by atoms with Gasteiger partial charge in [-0.2, -0.15) is 0 Å². The van der Waals surface area contributed by atoms with Crippen molar-refractivity contribution in [3.05, 3.63) is 109 Å². The van der Waals surface area contributed by atoms with Gasteiger partial charge >= 0.3 is 0 Å². The second-order valence-electron chi connectivity index (χ2n) is 5.91. The first-order chi connectivity index (χ1) is 12.8. The fraction of sp³-hybridized carbons (Fsp3) is 0. The van der Waals surface area contributed by atoms with Crippen LogP contribution in [-0.2, 0) is 0 Å². The first-order valence-electron chi connectivity index (χ1n) is 8.38. The zero-order chi connectivity index (χ0) is 17.8. The number of aromatic nitrogens is 2. The summed E-state index contributed by atoms with van der Waals surface area (Å²) in [7, 11) is 0. The second kappa shape index (κ2) is 7.11. The van der Waals surface area contributed by atoms with Crippen LogP contribution in [0.15, 0.2) is 97.5 Å². The lowest BCUT2D eigenvalue weighted by Gasteiger charge is -2.10. The van der Waals surface area contributed by atoms with E-state index in [0.717, 1.165) is 22.4 Å². The summed E-state index contributed by atoms with van der Waals surface area (Å²) in [4.78, 5) is 20.9. The molecule has 0 N–H and O–H groups in total. The maximum absolute atomic E-state index is 12.6. The summed E-state index contributed by atoms with van der Waals surface area (Å²) in [5.74, 6) is 0.0289. The van der Waals surface area contributed by atoms with E-state index >= 15 is 0 Å². The number of nitrogens with zero attached hydrogens (tertiary/aromatic N) is 2. The number of carbonyl (C=O) groups excluding carboxylic acids is 1. The normalized spacial score (nSPS) is 10.5. The lowest BCUT2D eigenvalue weighted by atomic mass is 9.95. The smallest absolute Gasteiger partial charge is 0.193 e. The van der Waals surface area contributed by atoms with Gasteiger partial charge in [0.1, 0.15) is 6.33 Å². The largest absolute Gasteiger partial charge is 0.289 e. The van der Waals surface area contributed by atoms with E-state index in [2.05, 4.69) is 16.0 Å². The van der Waals surface area contributed by atoms with Gasteiger partial charge in [-0.1, -0.05) is 78.9 Å². The van der Waals surface area contributed by atoms with Crippen LogP contribution < -0.4 is 0 Å². The SMILES string of the molecule is O=C(c1ccccc1)c1ccc(-c2ccccc2-c2ccncn2)cc1. The average Bonchev–Trinajstić information content (AvgIpc) is 2.75. The molecule has 4 rings (SSSR count). The topological polar surface area (TPSA) is 42.9 Å². The summed E-state index contributed by atoms with van der Waals surface area (Å²) in [5.41, 5.74) is 5.41. The van der Waals surface area contributed by atoms with Gasteiger partial charge in [0.15, 0.2) is 5.78 Å². The fourth-order valence-corrected chi connectivity index (χ4v) is 2.97. The Morgan fingerprint density at radius 3 is 2.00 bits per heavy atom. The highest BCUT2D eigenvalue weighted by Gasteiger charge is 2.11. The van der Waals surface area contributed by atoms with Gasteiger partial charge in [0.2, 0.25) is 0 Å². The van der Waals surface area contributed by atoms with Crippen LogP contribution in [0.1, 0.15) is 15.9 Å². The van der Waals surface area contributed by atoms with Gasteiger partial charge in [-0.15, -0.1) is 0 Å². The van der Waals surface area contributed by atoms with E-state index in [1.165, 1.54) is 0 Å². The molecule has 0 aliphatic rings. The molecular weight excluding hydrogens is 320 g/mol.